The number of hydrogen-bond acceptors (Lipinski definition) is 4. The Balaban J connectivity index is 2.60. The third-order valence-electron chi connectivity index (χ3n) is 2.36. The molecule has 0 saturated heterocycles. The molecule has 0 amide bonds. The molecule has 0 aliphatic rings. The molecule has 17 heavy (non-hydrogen) atoms. The quantitative estimate of drug-likeness (QED) is 0.737. The summed E-state index contributed by atoms with van der Waals surface area (Å²) in [6.45, 7) is 4.63. The second kappa shape index (κ2) is 5.50. The zero-order chi connectivity index (χ0) is 13.1. The smallest absolute Gasteiger partial charge is 0.245 e. The molecular weight excluding hydrogens is 240 g/mol. The maximum atomic E-state index is 11.9. The molecule has 0 unspecified atom stereocenters. The fourth-order valence-electron chi connectivity index (χ4n) is 1.49. The Bertz CT molecular complexity index is 465. The summed E-state index contributed by atoms with van der Waals surface area (Å²) >= 11 is 0. The molecule has 1 rings (SSSR count). The SMILES string of the molecule is CC(C)CCCNS(=O)(=O)c1cn(C)nc1N. The van der Waals surface area contributed by atoms with Crippen molar-refractivity contribution in [2.24, 2.45) is 13.0 Å². The highest BCUT2D eigenvalue weighted by molar-refractivity contribution is 7.89. The van der Waals surface area contributed by atoms with Crippen molar-refractivity contribution in [1.29, 1.82) is 0 Å². The van der Waals surface area contributed by atoms with Crippen LogP contribution < -0.4 is 10.5 Å². The van der Waals surface area contributed by atoms with Crippen LogP contribution in [0.4, 0.5) is 5.82 Å². The Labute approximate surface area is 102 Å². The number of nitrogen functional groups attached to an aromatic ring is 1. The fraction of sp³-hybridized carbons (Fsp3) is 0.700. The van der Waals surface area contributed by atoms with Crippen molar-refractivity contribution in [3.63, 3.8) is 0 Å². The van der Waals surface area contributed by atoms with Crippen molar-refractivity contribution >= 4 is 15.8 Å². The van der Waals surface area contributed by atoms with Gasteiger partial charge in [0.15, 0.2) is 5.82 Å². The predicted octanol–water partition coefficient (Wildman–Crippen LogP) is 0.717. The molecule has 0 atom stereocenters. The monoisotopic (exact) mass is 260 g/mol. The average molecular weight is 260 g/mol. The standard InChI is InChI=1S/C10H20N4O2S/c1-8(2)5-4-6-12-17(15,16)9-7-14(3)13-10(9)11/h7-8,12H,4-6H2,1-3H3,(H2,11,13). The van der Waals surface area contributed by atoms with E-state index in [4.69, 9.17) is 5.73 Å². The van der Waals surface area contributed by atoms with Gasteiger partial charge in [-0.2, -0.15) is 5.10 Å². The summed E-state index contributed by atoms with van der Waals surface area (Å²) in [6, 6.07) is 0. The van der Waals surface area contributed by atoms with Crippen LogP contribution >= 0.6 is 0 Å². The first-order chi connectivity index (χ1) is 7.83. The van der Waals surface area contributed by atoms with Crippen LogP contribution in [0.25, 0.3) is 0 Å². The number of sulfonamides is 1. The Kier molecular flexibility index (Phi) is 4.53. The lowest BCUT2D eigenvalue weighted by Crippen LogP contribution is -2.25. The molecule has 1 aromatic rings. The number of aromatic nitrogens is 2. The molecule has 3 N–H and O–H groups in total. The number of nitrogens with two attached hydrogens (primary N) is 1. The largest absolute Gasteiger partial charge is 0.381 e. The second-order valence-corrected chi connectivity index (χ2v) is 6.22. The highest BCUT2D eigenvalue weighted by atomic mass is 32.2. The molecule has 1 heterocycles. The summed E-state index contributed by atoms with van der Waals surface area (Å²) in [5.74, 6) is 0.604. The first kappa shape index (κ1) is 14.0. The van der Waals surface area contributed by atoms with Crippen LogP contribution in [0.5, 0.6) is 0 Å². The number of nitrogens with zero attached hydrogens (tertiary/aromatic N) is 2. The minimum Gasteiger partial charge on any atom is -0.381 e. The van der Waals surface area contributed by atoms with Crippen LogP contribution in [0.1, 0.15) is 26.7 Å². The Morgan fingerprint density at radius 2 is 2.18 bits per heavy atom. The topological polar surface area (TPSA) is 90.0 Å². The van der Waals surface area contributed by atoms with Gasteiger partial charge in [0.25, 0.3) is 0 Å². The first-order valence-electron chi connectivity index (χ1n) is 5.61. The van der Waals surface area contributed by atoms with Gasteiger partial charge in [0.2, 0.25) is 10.0 Å². The first-order valence-corrected chi connectivity index (χ1v) is 7.10. The van der Waals surface area contributed by atoms with Crippen LogP contribution in [-0.4, -0.2) is 24.7 Å². The van der Waals surface area contributed by atoms with Gasteiger partial charge in [-0.25, -0.2) is 13.1 Å². The van der Waals surface area contributed by atoms with E-state index >= 15 is 0 Å². The zero-order valence-corrected chi connectivity index (χ0v) is 11.3. The maximum Gasteiger partial charge on any atom is 0.245 e. The summed E-state index contributed by atoms with van der Waals surface area (Å²) in [5.41, 5.74) is 5.53. The van der Waals surface area contributed by atoms with Crippen molar-refractivity contribution < 1.29 is 8.42 Å². The maximum absolute atomic E-state index is 11.9. The summed E-state index contributed by atoms with van der Waals surface area (Å²) in [7, 11) is -1.89. The van der Waals surface area contributed by atoms with Crippen molar-refractivity contribution in [2.75, 3.05) is 12.3 Å². The minimum absolute atomic E-state index is 0.0314. The van der Waals surface area contributed by atoms with Gasteiger partial charge in [0.05, 0.1) is 0 Å². The lowest BCUT2D eigenvalue weighted by Gasteiger charge is -2.06. The minimum atomic E-state index is -3.53. The number of hydrogen-bond donors (Lipinski definition) is 2. The van der Waals surface area contributed by atoms with E-state index in [-0.39, 0.29) is 10.7 Å². The summed E-state index contributed by atoms with van der Waals surface area (Å²) in [5, 5.41) is 3.81. The van der Waals surface area contributed by atoms with E-state index < -0.39 is 10.0 Å². The third kappa shape index (κ3) is 4.01. The van der Waals surface area contributed by atoms with Gasteiger partial charge >= 0.3 is 0 Å². The van der Waals surface area contributed by atoms with Gasteiger partial charge in [-0.15, -0.1) is 0 Å². The van der Waals surface area contributed by atoms with Crippen molar-refractivity contribution in [3.8, 4) is 0 Å². The highest BCUT2D eigenvalue weighted by Gasteiger charge is 2.19. The highest BCUT2D eigenvalue weighted by Crippen LogP contribution is 2.15. The molecular formula is C10H20N4O2S. The Morgan fingerprint density at radius 1 is 1.53 bits per heavy atom. The van der Waals surface area contributed by atoms with Gasteiger partial charge in [-0.1, -0.05) is 13.8 Å². The van der Waals surface area contributed by atoms with E-state index in [2.05, 4.69) is 23.7 Å². The van der Waals surface area contributed by atoms with Crippen LogP contribution in [0.15, 0.2) is 11.1 Å². The van der Waals surface area contributed by atoms with E-state index in [1.54, 1.807) is 7.05 Å². The van der Waals surface area contributed by atoms with E-state index in [9.17, 15) is 8.42 Å². The summed E-state index contributed by atoms with van der Waals surface area (Å²) in [6.07, 6.45) is 3.21. The molecule has 7 heteroatoms. The molecule has 0 bridgehead atoms. The molecule has 0 aliphatic carbocycles. The van der Waals surface area contributed by atoms with E-state index in [0.29, 0.717) is 12.5 Å². The fourth-order valence-corrected chi connectivity index (χ4v) is 2.66. The molecule has 0 saturated carbocycles. The Morgan fingerprint density at radius 3 is 2.65 bits per heavy atom. The number of aryl methyl sites for hydroxylation is 1. The molecule has 0 radical (unpaired) electrons. The van der Waals surface area contributed by atoms with E-state index in [1.165, 1.54) is 10.9 Å². The van der Waals surface area contributed by atoms with Crippen molar-refractivity contribution in [2.45, 2.75) is 31.6 Å². The van der Waals surface area contributed by atoms with Crippen molar-refractivity contribution in [1.82, 2.24) is 14.5 Å². The lowest BCUT2D eigenvalue weighted by molar-refractivity contribution is 0.540. The molecule has 0 aliphatic heterocycles. The molecule has 6 nitrogen and oxygen atoms in total. The lowest BCUT2D eigenvalue weighted by atomic mass is 10.1. The normalized spacial score (nSPS) is 12.2. The molecule has 0 aromatic carbocycles. The number of rotatable bonds is 6. The van der Waals surface area contributed by atoms with Gasteiger partial charge < -0.3 is 5.73 Å². The molecule has 98 valence electrons. The molecule has 1 aromatic heterocycles. The molecule has 0 fully saturated rings. The predicted molar refractivity (Wildman–Crippen MR) is 66.9 cm³/mol. The van der Waals surface area contributed by atoms with Crippen LogP contribution in [0.3, 0.4) is 0 Å². The number of anilines is 1. The van der Waals surface area contributed by atoms with E-state index in [1.807, 2.05) is 0 Å². The number of nitrogens with one attached hydrogen (secondary N) is 1. The Hall–Kier alpha value is -1.08. The third-order valence-corrected chi connectivity index (χ3v) is 3.84. The second-order valence-electron chi connectivity index (χ2n) is 4.49. The van der Waals surface area contributed by atoms with E-state index in [0.717, 1.165) is 12.8 Å². The van der Waals surface area contributed by atoms with Gasteiger partial charge in [0, 0.05) is 19.8 Å². The zero-order valence-electron chi connectivity index (χ0n) is 10.5. The van der Waals surface area contributed by atoms with Crippen LogP contribution in [0.2, 0.25) is 0 Å². The summed E-state index contributed by atoms with van der Waals surface area (Å²) < 4.78 is 27.6. The summed E-state index contributed by atoms with van der Waals surface area (Å²) in [4.78, 5) is 0.0459. The van der Waals surface area contributed by atoms with Gasteiger partial charge in [-0.3, -0.25) is 4.68 Å². The van der Waals surface area contributed by atoms with Crippen molar-refractivity contribution in [3.05, 3.63) is 6.20 Å². The van der Waals surface area contributed by atoms with Crippen LogP contribution in [0, 0.1) is 5.92 Å². The average Bonchev–Trinajstić information content (AvgIpc) is 2.53. The van der Waals surface area contributed by atoms with Gasteiger partial charge in [0.1, 0.15) is 4.90 Å². The van der Waals surface area contributed by atoms with Crippen LogP contribution in [-0.2, 0) is 17.1 Å². The van der Waals surface area contributed by atoms with Gasteiger partial charge in [-0.05, 0) is 18.8 Å². The molecule has 0 spiro atoms.